The molecular formula is C12H22N2O2. The Morgan fingerprint density at radius 1 is 1.31 bits per heavy atom. The first kappa shape index (κ1) is 13.2. The maximum Gasteiger partial charge on any atom is 0.246 e. The van der Waals surface area contributed by atoms with E-state index in [-0.39, 0.29) is 17.9 Å². The van der Waals surface area contributed by atoms with Crippen LogP contribution in [0.1, 0.15) is 45.4 Å². The van der Waals surface area contributed by atoms with Crippen molar-refractivity contribution in [2.75, 3.05) is 13.6 Å². The van der Waals surface area contributed by atoms with Gasteiger partial charge in [-0.3, -0.25) is 14.5 Å². The van der Waals surface area contributed by atoms with Crippen molar-refractivity contribution in [2.45, 2.75) is 51.5 Å². The standard InChI is InChI=1S/C12H22N2O2/c1-3-4-5-6-9-13-10-7-8-11(15)14(2)12(10)16/h10,13H,3-9H2,1-2H3. The number of hydrogen-bond acceptors (Lipinski definition) is 3. The van der Waals surface area contributed by atoms with Crippen molar-refractivity contribution in [1.29, 1.82) is 0 Å². The van der Waals surface area contributed by atoms with Crippen molar-refractivity contribution in [3.63, 3.8) is 0 Å². The quantitative estimate of drug-likeness (QED) is 0.548. The first-order chi connectivity index (χ1) is 7.66. The van der Waals surface area contributed by atoms with Gasteiger partial charge in [0.25, 0.3) is 0 Å². The van der Waals surface area contributed by atoms with E-state index in [0.717, 1.165) is 13.0 Å². The Bertz CT molecular complexity index is 253. The number of rotatable bonds is 6. The molecule has 0 saturated carbocycles. The highest BCUT2D eigenvalue weighted by Crippen LogP contribution is 2.11. The van der Waals surface area contributed by atoms with E-state index in [9.17, 15) is 9.59 Å². The van der Waals surface area contributed by atoms with E-state index in [4.69, 9.17) is 0 Å². The lowest BCUT2D eigenvalue weighted by Crippen LogP contribution is -2.51. The van der Waals surface area contributed by atoms with E-state index in [1.165, 1.54) is 24.2 Å². The van der Waals surface area contributed by atoms with Gasteiger partial charge in [-0.2, -0.15) is 0 Å². The van der Waals surface area contributed by atoms with Gasteiger partial charge >= 0.3 is 0 Å². The van der Waals surface area contributed by atoms with Crippen LogP contribution < -0.4 is 5.32 Å². The van der Waals surface area contributed by atoms with E-state index in [1.54, 1.807) is 7.05 Å². The SMILES string of the molecule is CCCCCCNC1CCC(=O)N(C)C1=O. The maximum absolute atomic E-state index is 11.7. The first-order valence-electron chi connectivity index (χ1n) is 6.20. The average molecular weight is 226 g/mol. The van der Waals surface area contributed by atoms with Crippen molar-refractivity contribution < 1.29 is 9.59 Å². The predicted octanol–water partition coefficient (Wildman–Crippen LogP) is 1.30. The number of likely N-dealkylation sites (tertiary alicyclic amines) is 1. The van der Waals surface area contributed by atoms with Crippen LogP contribution in [-0.4, -0.2) is 36.3 Å². The maximum atomic E-state index is 11.7. The fourth-order valence-corrected chi connectivity index (χ4v) is 1.93. The summed E-state index contributed by atoms with van der Waals surface area (Å²) in [7, 11) is 1.57. The zero-order valence-corrected chi connectivity index (χ0v) is 10.3. The Morgan fingerprint density at radius 2 is 2.06 bits per heavy atom. The van der Waals surface area contributed by atoms with Crippen LogP contribution >= 0.6 is 0 Å². The van der Waals surface area contributed by atoms with Gasteiger partial charge in [-0.25, -0.2) is 0 Å². The van der Waals surface area contributed by atoms with Crippen molar-refractivity contribution in [1.82, 2.24) is 10.2 Å². The Kier molecular flexibility index (Phi) is 5.46. The predicted molar refractivity (Wildman–Crippen MR) is 62.9 cm³/mol. The van der Waals surface area contributed by atoms with E-state index >= 15 is 0 Å². The van der Waals surface area contributed by atoms with Crippen LogP contribution in [0.5, 0.6) is 0 Å². The second-order valence-electron chi connectivity index (χ2n) is 4.40. The minimum absolute atomic E-state index is 0.0611. The zero-order valence-electron chi connectivity index (χ0n) is 10.3. The lowest BCUT2D eigenvalue weighted by atomic mass is 10.0. The summed E-state index contributed by atoms with van der Waals surface area (Å²) in [4.78, 5) is 24.2. The molecule has 4 heteroatoms. The second kappa shape index (κ2) is 6.63. The molecule has 1 unspecified atom stereocenters. The molecule has 0 bridgehead atoms. The Hall–Kier alpha value is -0.900. The van der Waals surface area contributed by atoms with Gasteiger partial charge in [0.05, 0.1) is 6.04 Å². The number of piperidine rings is 1. The number of likely N-dealkylation sites (N-methyl/N-ethyl adjacent to an activating group) is 1. The molecule has 1 saturated heterocycles. The molecule has 16 heavy (non-hydrogen) atoms. The molecule has 1 aliphatic rings. The van der Waals surface area contributed by atoms with Gasteiger partial charge in [0.15, 0.2) is 0 Å². The van der Waals surface area contributed by atoms with Gasteiger partial charge in [-0.1, -0.05) is 26.2 Å². The number of hydrogen-bond donors (Lipinski definition) is 1. The lowest BCUT2D eigenvalue weighted by molar-refractivity contribution is -0.148. The molecule has 92 valence electrons. The highest BCUT2D eigenvalue weighted by molar-refractivity contribution is 6.00. The summed E-state index contributed by atoms with van der Waals surface area (Å²) in [6, 6.07) is -0.149. The molecule has 0 aromatic carbocycles. The van der Waals surface area contributed by atoms with Crippen LogP contribution in [0.15, 0.2) is 0 Å². The molecule has 1 heterocycles. The minimum Gasteiger partial charge on any atom is -0.306 e. The summed E-state index contributed by atoms with van der Waals surface area (Å²) in [6.45, 7) is 3.05. The lowest BCUT2D eigenvalue weighted by Gasteiger charge is -2.28. The number of carbonyl (C=O) groups is 2. The molecule has 1 rings (SSSR count). The second-order valence-corrected chi connectivity index (χ2v) is 4.40. The molecule has 1 atom stereocenters. The van der Waals surface area contributed by atoms with Crippen molar-refractivity contribution in [2.24, 2.45) is 0 Å². The molecule has 2 amide bonds. The molecular weight excluding hydrogens is 204 g/mol. The van der Waals surface area contributed by atoms with Gasteiger partial charge in [-0.15, -0.1) is 0 Å². The van der Waals surface area contributed by atoms with Gasteiger partial charge in [0, 0.05) is 13.5 Å². The molecule has 1 N–H and O–H groups in total. The number of nitrogens with one attached hydrogen (secondary N) is 1. The third-order valence-corrected chi connectivity index (χ3v) is 3.07. The van der Waals surface area contributed by atoms with Crippen molar-refractivity contribution in [3.05, 3.63) is 0 Å². The van der Waals surface area contributed by atoms with Crippen LogP contribution in [0.25, 0.3) is 0 Å². The molecule has 1 fully saturated rings. The third kappa shape index (κ3) is 3.59. The number of unbranched alkanes of at least 4 members (excludes halogenated alkanes) is 3. The highest BCUT2D eigenvalue weighted by Gasteiger charge is 2.30. The van der Waals surface area contributed by atoms with Crippen LogP contribution in [0.2, 0.25) is 0 Å². The number of imide groups is 1. The molecule has 0 radical (unpaired) electrons. The first-order valence-corrected chi connectivity index (χ1v) is 6.20. The Labute approximate surface area is 97.4 Å². The van der Waals surface area contributed by atoms with Gasteiger partial charge in [-0.05, 0) is 19.4 Å². The van der Waals surface area contributed by atoms with Gasteiger partial charge < -0.3 is 5.32 Å². The summed E-state index contributed by atoms with van der Waals surface area (Å²) < 4.78 is 0. The summed E-state index contributed by atoms with van der Waals surface area (Å²) in [5, 5.41) is 3.24. The molecule has 1 aliphatic heterocycles. The topological polar surface area (TPSA) is 49.4 Å². The summed E-state index contributed by atoms with van der Waals surface area (Å²) in [5.74, 6) is -0.138. The number of carbonyl (C=O) groups excluding carboxylic acids is 2. The molecule has 4 nitrogen and oxygen atoms in total. The van der Waals surface area contributed by atoms with Gasteiger partial charge in [0.1, 0.15) is 0 Å². The Morgan fingerprint density at radius 3 is 2.75 bits per heavy atom. The summed E-state index contributed by atoms with van der Waals surface area (Å²) in [6.07, 6.45) is 5.91. The molecule has 0 aliphatic carbocycles. The highest BCUT2D eigenvalue weighted by atomic mass is 16.2. The molecule has 0 aromatic heterocycles. The smallest absolute Gasteiger partial charge is 0.246 e. The van der Waals surface area contributed by atoms with Crippen LogP contribution in [-0.2, 0) is 9.59 Å². The van der Waals surface area contributed by atoms with Crippen molar-refractivity contribution >= 4 is 11.8 Å². The van der Waals surface area contributed by atoms with Crippen LogP contribution in [0.4, 0.5) is 0 Å². The zero-order chi connectivity index (χ0) is 12.0. The van der Waals surface area contributed by atoms with Crippen LogP contribution in [0.3, 0.4) is 0 Å². The fraction of sp³-hybridized carbons (Fsp3) is 0.833. The Balaban J connectivity index is 2.22. The van der Waals surface area contributed by atoms with Crippen LogP contribution in [0, 0.1) is 0 Å². The molecule has 0 aromatic rings. The monoisotopic (exact) mass is 226 g/mol. The van der Waals surface area contributed by atoms with E-state index < -0.39 is 0 Å². The van der Waals surface area contributed by atoms with Gasteiger partial charge in [0.2, 0.25) is 11.8 Å². The average Bonchev–Trinajstić information content (AvgIpc) is 2.28. The molecule has 0 spiro atoms. The van der Waals surface area contributed by atoms with Crippen molar-refractivity contribution in [3.8, 4) is 0 Å². The van der Waals surface area contributed by atoms with E-state index in [2.05, 4.69) is 12.2 Å². The summed E-state index contributed by atoms with van der Waals surface area (Å²) >= 11 is 0. The fourth-order valence-electron chi connectivity index (χ4n) is 1.93. The van der Waals surface area contributed by atoms with E-state index in [1.807, 2.05) is 0 Å². The normalized spacial score (nSPS) is 21.6. The number of amides is 2. The van der Waals surface area contributed by atoms with E-state index in [0.29, 0.717) is 12.8 Å². The largest absolute Gasteiger partial charge is 0.306 e. The number of nitrogens with zero attached hydrogens (tertiary/aromatic N) is 1. The third-order valence-electron chi connectivity index (χ3n) is 3.07. The summed E-state index contributed by atoms with van der Waals surface area (Å²) in [5.41, 5.74) is 0. The minimum atomic E-state index is -0.149.